The predicted molar refractivity (Wildman–Crippen MR) is 71.8 cm³/mol. The number of rotatable bonds is 7. The first kappa shape index (κ1) is 15.0. The summed E-state index contributed by atoms with van der Waals surface area (Å²) in [6.45, 7) is 8.86. The maximum absolute atomic E-state index is 6.33. The summed E-state index contributed by atoms with van der Waals surface area (Å²) in [5, 5.41) is 4.34. The molecule has 0 fully saturated rings. The second-order valence-electron chi connectivity index (χ2n) is 4.56. The highest BCUT2D eigenvalue weighted by atomic mass is 16.5. The molecule has 0 amide bonds. The molecule has 0 aliphatic carbocycles. The number of hydrogen-bond donors (Lipinski definition) is 1. The Bertz CT molecular complexity index is 363. The average molecular weight is 255 g/mol. The average Bonchev–Trinajstić information content (AvgIpc) is 2.78. The van der Waals surface area contributed by atoms with Crippen LogP contribution in [0, 0.1) is 0 Å². The van der Waals surface area contributed by atoms with Gasteiger partial charge in [-0.25, -0.2) is 0 Å². The van der Waals surface area contributed by atoms with E-state index in [1.54, 1.807) is 13.3 Å². The van der Waals surface area contributed by atoms with Crippen molar-refractivity contribution in [1.82, 2.24) is 9.78 Å². The van der Waals surface area contributed by atoms with Gasteiger partial charge < -0.3 is 15.2 Å². The zero-order valence-corrected chi connectivity index (χ0v) is 12.0. The van der Waals surface area contributed by atoms with E-state index in [0.717, 1.165) is 17.9 Å². The number of nitrogens with two attached hydrogens (primary N) is 1. The molecule has 1 heterocycles. The van der Waals surface area contributed by atoms with Gasteiger partial charge in [0.05, 0.1) is 25.5 Å². The van der Waals surface area contributed by atoms with E-state index in [2.05, 4.69) is 25.9 Å². The molecule has 0 bridgehead atoms. The van der Waals surface area contributed by atoms with E-state index in [0.29, 0.717) is 6.61 Å². The molecular weight excluding hydrogens is 230 g/mol. The van der Waals surface area contributed by atoms with Gasteiger partial charge in [0.15, 0.2) is 5.75 Å². The SMILES string of the molecule is CCOC(CC)C(N)c1c(OC)cnn1C(C)C. The van der Waals surface area contributed by atoms with Crippen molar-refractivity contribution in [2.24, 2.45) is 5.73 Å². The lowest BCUT2D eigenvalue weighted by Gasteiger charge is -2.25. The van der Waals surface area contributed by atoms with Crippen LogP contribution in [0.3, 0.4) is 0 Å². The molecule has 2 unspecified atom stereocenters. The Labute approximate surface area is 109 Å². The molecule has 18 heavy (non-hydrogen) atoms. The smallest absolute Gasteiger partial charge is 0.161 e. The summed E-state index contributed by atoms with van der Waals surface area (Å²) in [6.07, 6.45) is 2.56. The Morgan fingerprint density at radius 1 is 1.39 bits per heavy atom. The molecule has 0 aromatic carbocycles. The molecule has 0 radical (unpaired) electrons. The van der Waals surface area contributed by atoms with Gasteiger partial charge in [-0.15, -0.1) is 0 Å². The predicted octanol–water partition coefficient (Wildman–Crippen LogP) is 2.29. The van der Waals surface area contributed by atoms with Crippen molar-refractivity contribution < 1.29 is 9.47 Å². The molecular formula is C13H25N3O2. The van der Waals surface area contributed by atoms with Gasteiger partial charge in [0.1, 0.15) is 5.69 Å². The molecule has 0 aliphatic rings. The first-order chi connectivity index (χ1) is 8.56. The van der Waals surface area contributed by atoms with Crippen molar-refractivity contribution in [1.29, 1.82) is 0 Å². The molecule has 0 spiro atoms. The Morgan fingerprint density at radius 2 is 2.06 bits per heavy atom. The molecule has 0 saturated heterocycles. The molecule has 2 N–H and O–H groups in total. The number of methoxy groups -OCH3 is 1. The van der Waals surface area contributed by atoms with Gasteiger partial charge in [0.25, 0.3) is 0 Å². The van der Waals surface area contributed by atoms with Crippen molar-refractivity contribution >= 4 is 0 Å². The van der Waals surface area contributed by atoms with Gasteiger partial charge in [-0.3, -0.25) is 4.68 Å². The van der Waals surface area contributed by atoms with E-state index >= 15 is 0 Å². The van der Waals surface area contributed by atoms with E-state index in [1.165, 1.54) is 0 Å². The van der Waals surface area contributed by atoms with Crippen molar-refractivity contribution in [2.75, 3.05) is 13.7 Å². The van der Waals surface area contributed by atoms with Crippen LogP contribution in [0.1, 0.15) is 51.9 Å². The zero-order valence-electron chi connectivity index (χ0n) is 12.0. The van der Waals surface area contributed by atoms with Crippen molar-refractivity contribution in [3.8, 4) is 5.75 Å². The minimum atomic E-state index is -0.227. The summed E-state index contributed by atoms with van der Waals surface area (Å²) in [5.74, 6) is 0.731. The molecule has 5 nitrogen and oxygen atoms in total. The van der Waals surface area contributed by atoms with Gasteiger partial charge in [0, 0.05) is 12.6 Å². The summed E-state index contributed by atoms with van der Waals surface area (Å²) in [6, 6.07) is 0.0175. The van der Waals surface area contributed by atoms with E-state index in [-0.39, 0.29) is 18.2 Å². The highest BCUT2D eigenvalue weighted by Crippen LogP contribution is 2.29. The van der Waals surface area contributed by atoms with Crippen molar-refractivity contribution in [3.05, 3.63) is 11.9 Å². The Kier molecular flexibility index (Phi) is 5.62. The molecule has 5 heteroatoms. The monoisotopic (exact) mass is 255 g/mol. The van der Waals surface area contributed by atoms with Crippen LogP contribution in [-0.2, 0) is 4.74 Å². The fourth-order valence-corrected chi connectivity index (χ4v) is 2.11. The Morgan fingerprint density at radius 3 is 2.50 bits per heavy atom. The fourth-order valence-electron chi connectivity index (χ4n) is 2.11. The van der Waals surface area contributed by atoms with E-state index in [9.17, 15) is 0 Å². The first-order valence-electron chi connectivity index (χ1n) is 6.55. The maximum Gasteiger partial charge on any atom is 0.161 e. The first-order valence-corrected chi connectivity index (χ1v) is 6.55. The third-order valence-electron chi connectivity index (χ3n) is 3.01. The molecule has 1 aromatic heterocycles. The summed E-state index contributed by atoms with van der Waals surface area (Å²) >= 11 is 0. The highest BCUT2D eigenvalue weighted by molar-refractivity contribution is 5.29. The van der Waals surface area contributed by atoms with Gasteiger partial charge in [-0.1, -0.05) is 6.92 Å². The lowest BCUT2D eigenvalue weighted by Crippen LogP contribution is -2.31. The van der Waals surface area contributed by atoms with Crippen molar-refractivity contribution in [2.45, 2.75) is 52.3 Å². The van der Waals surface area contributed by atoms with Gasteiger partial charge in [0.2, 0.25) is 0 Å². The second kappa shape index (κ2) is 6.75. The Hall–Kier alpha value is -1.07. The van der Waals surface area contributed by atoms with E-state index < -0.39 is 0 Å². The molecule has 104 valence electrons. The standard InChI is InChI=1S/C13H25N3O2/c1-6-10(18-7-2)12(14)13-11(17-5)8-15-16(13)9(3)4/h8-10,12H,6-7,14H2,1-5H3. The van der Waals surface area contributed by atoms with Gasteiger partial charge >= 0.3 is 0 Å². The summed E-state index contributed by atoms with van der Waals surface area (Å²) < 4.78 is 12.9. The second-order valence-corrected chi connectivity index (χ2v) is 4.56. The number of ether oxygens (including phenoxy) is 2. The van der Waals surface area contributed by atoms with E-state index in [4.69, 9.17) is 15.2 Å². The molecule has 1 aromatic rings. The topological polar surface area (TPSA) is 62.3 Å². The number of aromatic nitrogens is 2. The van der Waals surface area contributed by atoms with Crippen LogP contribution in [0.15, 0.2) is 6.20 Å². The van der Waals surface area contributed by atoms with E-state index in [1.807, 2.05) is 11.6 Å². The lowest BCUT2D eigenvalue weighted by molar-refractivity contribution is 0.0385. The van der Waals surface area contributed by atoms with Crippen molar-refractivity contribution in [3.63, 3.8) is 0 Å². The Balaban J connectivity index is 3.08. The van der Waals surface area contributed by atoms with Crippen LogP contribution in [-0.4, -0.2) is 29.6 Å². The molecule has 0 saturated carbocycles. The summed E-state index contributed by atoms with van der Waals surface area (Å²) in [5.41, 5.74) is 7.24. The fraction of sp³-hybridized carbons (Fsp3) is 0.769. The minimum absolute atomic E-state index is 0.0156. The van der Waals surface area contributed by atoms with Crippen LogP contribution in [0.4, 0.5) is 0 Å². The number of hydrogen-bond acceptors (Lipinski definition) is 4. The van der Waals surface area contributed by atoms with Gasteiger partial charge in [-0.2, -0.15) is 5.10 Å². The number of nitrogens with zero attached hydrogens (tertiary/aromatic N) is 2. The highest BCUT2D eigenvalue weighted by Gasteiger charge is 2.26. The molecule has 1 rings (SSSR count). The molecule has 2 atom stereocenters. The lowest BCUT2D eigenvalue weighted by atomic mass is 10.0. The van der Waals surface area contributed by atoms with Crippen LogP contribution in [0.25, 0.3) is 0 Å². The van der Waals surface area contributed by atoms with Gasteiger partial charge in [-0.05, 0) is 27.2 Å². The minimum Gasteiger partial charge on any atom is -0.493 e. The summed E-state index contributed by atoms with van der Waals surface area (Å²) in [7, 11) is 1.64. The van der Waals surface area contributed by atoms with Crippen LogP contribution in [0.2, 0.25) is 0 Å². The third kappa shape index (κ3) is 3.03. The van der Waals surface area contributed by atoms with Crippen LogP contribution in [0.5, 0.6) is 5.75 Å². The largest absolute Gasteiger partial charge is 0.493 e. The summed E-state index contributed by atoms with van der Waals surface area (Å²) in [4.78, 5) is 0. The maximum atomic E-state index is 6.33. The zero-order chi connectivity index (χ0) is 13.7. The molecule has 0 aliphatic heterocycles. The quantitative estimate of drug-likeness (QED) is 0.812. The van der Waals surface area contributed by atoms with Crippen LogP contribution < -0.4 is 10.5 Å². The van der Waals surface area contributed by atoms with Crippen LogP contribution >= 0.6 is 0 Å². The third-order valence-corrected chi connectivity index (χ3v) is 3.01. The normalized spacial score (nSPS) is 14.8.